The van der Waals surface area contributed by atoms with Crippen molar-refractivity contribution in [1.82, 2.24) is 0 Å². The van der Waals surface area contributed by atoms with Gasteiger partial charge in [0.1, 0.15) is 6.10 Å². The number of esters is 1. The molecule has 0 spiro atoms. The lowest BCUT2D eigenvalue weighted by atomic mass is 9.79. The molecule has 74 valence electrons. The van der Waals surface area contributed by atoms with Crippen LogP contribution < -0.4 is 0 Å². The SMILES string of the molecule is O=C1OC2CCCCC2C2=C1CC=C2. The van der Waals surface area contributed by atoms with Crippen LogP contribution in [0.15, 0.2) is 23.3 Å². The summed E-state index contributed by atoms with van der Waals surface area (Å²) < 4.78 is 5.47. The molecule has 2 aliphatic carbocycles. The van der Waals surface area contributed by atoms with E-state index in [1.165, 1.54) is 24.8 Å². The van der Waals surface area contributed by atoms with Crippen molar-refractivity contribution in [2.75, 3.05) is 0 Å². The number of carbonyl (C=O) groups excluding carboxylic acids is 1. The number of ether oxygens (including phenoxy) is 1. The lowest BCUT2D eigenvalue weighted by Crippen LogP contribution is -2.36. The Hall–Kier alpha value is -1.05. The fraction of sp³-hybridized carbons (Fsp3) is 0.583. The quantitative estimate of drug-likeness (QED) is 0.548. The maximum atomic E-state index is 11.6. The molecule has 2 heteroatoms. The third-order valence-corrected chi connectivity index (χ3v) is 3.57. The Morgan fingerprint density at radius 1 is 1.29 bits per heavy atom. The summed E-state index contributed by atoms with van der Waals surface area (Å²) in [6, 6.07) is 0. The van der Waals surface area contributed by atoms with Crippen molar-refractivity contribution in [2.45, 2.75) is 38.2 Å². The first-order valence-electron chi connectivity index (χ1n) is 5.47. The standard InChI is InChI=1S/C12H14O2/c13-12-10-6-3-5-8(10)9-4-1-2-7-11(9)14-12/h3,5,9,11H,1-2,4,6-7H2. The zero-order chi connectivity index (χ0) is 9.54. The van der Waals surface area contributed by atoms with Crippen LogP contribution in [0.25, 0.3) is 0 Å². The monoisotopic (exact) mass is 190 g/mol. The summed E-state index contributed by atoms with van der Waals surface area (Å²) in [6.07, 6.45) is 9.93. The minimum atomic E-state index is -0.0619. The van der Waals surface area contributed by atoms with Crippen molar-refractivity contribution >= 4 is 5.97 Å². The first kappa shape index (κ1) is 8.27. The summed E-state index contributed by atoms with van der Waals surface area (Å²) >= 11 is 0. The number of carbonyl (C=O) groups is 1. The number of allylic oxidation sites excluding steroid dienone is 2. The first-order chi connectivity index (χ1) is 6.86. The van der Waals surface area contributed by atoms with E-state index in [2.05, 4.69) is 12.2 Å². The predicted molar refractivity (Wildman–Crippen MR) is 52.6 cm³/mol. The van der Waals surface area contributed by atoms with Crippen molar-refractivity contribution < 1.29 is 9.53 Å². The zero-order valence-electron chi connectivity index (χ0n) is 8.16. The van der Waals surface area contributed by atoms with Crippen LogP contribution in [0.4, 0.5) is 0 Å². The summed E-state index contributed by atoms with van der Waals surface area (Å²) in [5.41, 5.74) is 2.21. The van der Waals surface area contributed by atoms with E-state index in [0.717, 1.165) is 18.4 Å². The van der Waals surface area contributed by atoms with Crippen LogP contribution in [0.1, 0.15) is 32.1 Å². The van der Waals surface area contributed by atoms with E-state index < -0.39 is 0 Å². The summed E-state index contributed by atoms with van der Waals surface area (Å²) in [6.45, 7) is 0. The van der Waals surface area contributed by atoms with Gasteiger partial charge in [0.2, 0.25) is 0 Å². The van der Waals surface area contributed by atoms with E-state index in [-0.39, 0.29) is 12.1 Å². The number of fused-ring (bicyclic) bond motifs is 2. The highest BCUT2D eigenvalue weighted by Crippen LogP contribution is 2.41. The van der Waals surface area contributed by atoms with Crippen LogP contribution in [-0.2, 0) is 9.53 Å². The number of hydrogen-bond donors (Lipinski definition) is 0. The lowest BCUT2D eigenvalue weighted by Gasteiger charge is -2.35. The van der Waals surface area contributed by atoms with Crippen molar-refractivity contribution in [3.05, 3.63) is 23.3 Å². The predicted octanol–water partition coefficient (Wildman–Crippen LogP) is 2.36. The molecule has 2 atom stereocenters. The summed E-state index contributed by atoms with van der Waals surface area (Å²) in [4.78, 5) is 11.6. The third kappa shape index (κ3) is 1.06. The molecule has 3 rings (SSSR count). The van der Waals surface area contributed by atoms with Crippen molar-refractivity contribution in [3.8, 4) is 0 Å². The van der Waals surface area contributed by atoms with Crippen molar-refractivity contribution in [2.24, 2.45) is 5.92 Å². The van der Waals surface area contributed by atoms with Crippen molar-refractivity contribution in [3.63, 3.8) is 0 Å². The average Bonchev–Trinajstić information content (AvgIpc) is 2.67. The molecule has 14 heavy (non-hydrogen) atoms. The highest BCUT2D eigenvalue weighted by Gasteiger charge is 2.38. The van der Waals surface area contributed by atoms with E-state index in [9.17, 15) is 4.79 Å². The Kier molecular flexibility index (Phi) is 1.76. The van der Waals surface area contributed by atoms with Gasteiger partial charge >= 0.3 is 5.97 Å². The molecule has 1 aliphatic heterocycles. The normalized spacial score (nSPS) is 35.3. The van der Waals surface area contributed by atoms with Gasteiger partial charge in [-0.2, -0.15) is 0 Å². The van der Waals surface area contributed by atoms with Crippen LogP contribution in [0.3, 0.4) is 0 Å². The molecule has 0 N–H and O–H groups in total. The smallest absolute Gasteiger partial charge is 0.334 e. The molecule has 0 bridgehead atoms. The van der Waals surface area contributed by atoms with E-state index in [1.54, 1.807) is 0 Å². The molecular formula is C12H14O2. The Morgan fingerprint density at radius 3 is 3.07 bits per heavy atom. The maximum Gasteiger partial charge on any atom is 0.334 e. The number of rotatable bonds is 0. The second kappa shape index (κ2) is 2.97. The Balaban J connectivity index is 1.99. The Bertz CT molecular complexity index is 338. The van der Waals surface area contributed by atoms with Gasteiger partial charge in [0.25, 0.3) is 0 Å². The Morgan fingerprint density at radius 2 is 2.14 bits per heavy atom. The van der Waals surface area contributed by atoms with Gasteiger partial charge in [0.15, 0.2) is 0 Å². The van der Waals surface area contributed by atoms with Crippen LogP contribution in [0.5, 0.6) is 0 Å². The first-order valence-corrected chi connectivity index (χ1v) is 5.47. The molecule has 2 unspecified atom stereocenters. The molecule has 3 aliphatic rings. The van der Waals surface area contributed by atoms with Gasteiger partial charge in [-0.05, 0) is 31.3 Å². The van der Waals surface area contributed by atoms with Gasteiger partial charge in [-0.3, -0.25) is 0 Å². The van der Waals surface area contributed by atoms with Crippen LogP contribution in [0, 0.1) is 5.92 Å². The van der Waals surface area contributed by atoms with Gasteiger partial charge in [-0.15, -0.1) is 0 Å². The Labute approximate surface area is 83.6 Å². The lowest BCUT2D eigenvalue weighted by molar-refractivity contribution is -0.150. The van der Waals surface area contributed by atoms with E-state index in [1.807, 2.05) is 0 Å². The summed E-state index contributed by atoms with van der Waals surface area (Å²) in [5.74, 6) is 0.448. The van der Waals surface area contributed by atoms with E-state index >= 15 is 0 Å². The number of hydrogen-bond acceptors (Lipinski definition) is 2. The zero-order valence-corrected chi connectivity index (χ0v) is 8.16. The van der Waals surface area contributed by atoms with Gasteiger partial charge in [-0.1, -0.05) is 18.6 Å². The highest BCUT2D eigenvalue weighted by molar-refractivity contribution is 5.92. The molecule has 0 aromatic carbocycles. The fourth-order valence-electron chi connectivity index (χ4n) is 2.87. The molecular weight excluding hydrogens is 176 g/mol. The molecule has 2 nitrogen and oxygen atoms in total. The van der Waals surface area contributed by atoms with Crippen LogP contribution in [0.2, 0.25) is 0 Å². The molecule has 0 saturated heterocycles. The minimum Gasteiger partial charge on any atom is -0.458 e. The maximum absolute atomic E-state index is 11.6. The summed E-state index contributed by atoms with van der Waals surface area (Å²) in [5, 5.41) is 0. The highest BCUT2D eigenvalue weighted by atomic mass is 16.5. The molecule has 1 fully saturated rings. The minimum absolute atomic E-state index is 0.0619. The van der Waals surface area contributed by atoms with Crippen molar-refractivity contribution in [1.29, 1.82) is 0 Å². The second-order valence-electron chi connectivity index (χ2n) is 4.38. The third-order valence-electron chi connectivity index (χ3n) is 3.57. The van der Waals surface area contributed by atoms with E-state index in [0.29, 0.717) is 5.92 Å². The molecule has 1 saturated carbocycles. The average molecular weight is 190 g/mol. The topological polar surface area (TPSA) is 26.3 Å². The van der Waals surface area contributed by atoms with Gasteiger partial charge in [0, 0.05) is 11.5 Å². The molecule has 0 aromatic rings. The molecule has 0 aromatic heterocycles. The molecule has 0 amide bonds. The van der Waals surface area contributed by atoms with Gasteiger partial charge in [-0.25, -0.2) is 4.79 Å². The van der Waals surface area contributed by atoms with Crippen LogP contribution in [-0.4, -0.2) is 12.1 Å². The largest absolute Gasteiger partial charge is 0.458 e. The van der Waals surface area contributed by atoms with E-state index in [4.69, 9.17) is 4.74 Å². The van der Waals surface area contributed by atoms with Crippen LogP contribution >= 0.6 is 0 Å². The molecule has 0 radical (unpaired) electrons. The van der Waals surface area contributed by atoms with Gasteiger partial charge < -0.3 is 4.74 Å². The van der Waals surface area contributed by atoms with Gasteiger partial charge in [0.05, 0.1) is 0 Å². The fourth-order valence-corrected chi connectivity index (χ4v) is 2.87. The second-order valence-corrected chi connectivity index (χ2v) is 4.38. The molecule has 1 heterocycles. The summed E-state index contributed by atoms with van der Waals surface area (Å²) in [7, 11) is 0.